The molecule has 9 heteroatoms. The van der Waals surface area contributed by atoms with E-state index in [-0.39, 0.29) is 34.4 Å². The van der Waals surface area contributed by atoms with Crippen molar-refractivity contribution in [2.45, 2.75) is 26.3 Å². The summed E-state index contributed by atoms with van der Waals surface area (Å²) in [5, 5.41) is 11.4. The minimum Gasteiger partial charge on any atom is -0.368 e. The van der Waals surface area contributed by atoms with Gasteiger partial charge in [0.05, 0.1) is 16.9 Å². The molecule has 0 spiro atoms. The molecular formula is C26H31N5O4. The molecular weight excluding hydrogens is 446 g/mol. The predicted molar refractivity (Wildman–Crippen MR) is 134 cm³/mol. The lowest BCUT2D eigenvalue weighted by Gasteiger charge is -2.50. The molecule has 9 nitrogen and oxygen atoms in total. The number of fused-ring (bicyclic) bond motifs is 3. The summed E-state index contributed by atoms with van der Waals surface area (Å²) in [5.74, 6) is -0.198. The van der Waals surface area contributed by atoms with Gasteiger partial charge in [-0.3, -0.25) is 19.7 Å². The van der Waals surface area contributed by atoms with Crippen molar-refractivity contribution in [2.24, 2.45) is 5.92 Å². The van der Waals surface area contributed by atoms with E-state index in [9.17, 15) is 19.7 Å². The third kappa shape index (κ3) is 4.42. The van der Waals surface area contributed by atoms with Crippen molar-refractivity contribution in [3.05, 3.63) is 63.7 Å². The van der Waals surface area contributed by atoms with Crippen LogP contribution in [-0.4, -0.2) is 78.4 Å². The minimum atomic E-state index is -0.375. The monoisotopic (exact) mass is 477 g/mol. The third-order valence-corrected chi connectivity index (χ3v) is 7.66. The second-order valence-electron chi connectivity index (χ2n) is 9.75. The first-order valence-electron chi connectivity index (χ1n) is 12.2. The molecule has 2 amide bonds. The molecule has 35 heavy (non-hydrogen) atoms. The molecule has 2 aromatic carbocycles. The van der Waals surface area contributed by atoms with Crippen LogP contribution in [0.4, 0.5) is 17.1 Å². The molecule has 3 aliphatic heterocycles. The Bertz CT molecular complexity index is 1140. The molecule has 0 aromatic heterocycles. The number of hydrogen-bond acceptors (Lipinski definition) is 6. The van der Waals surface area contributed by atoms with Crippen molar-refractivity contribution in [1.82, 2.24) is 9.80 Å². The van der Waals surface area contributed by atoms with Gasteiger partial charge in [0.2, 0.25) is 11.8 Å². The Morgan fingerprint density at radius 2 is 1.63 bits per heavy atom. The number of amides is 2. The molecule has 0 unspecified atom stereocenters. The van der Waals surface area contributed by atoms with E-state index >= 15 is 0 Å². The summed E-state index contributed by atoms with van der Waals surface area (Å²) in [6, 6.07) is 13.5. The predicted octanol–water partition coefficient (Wildman–Crippen LogP) is 2.46. The zero-order chi connectivity index (χ0) is 24.7. The fourth-order valence-electron chi connectivity index (χ4n) is 5.67. The van der Waals surface area contributed by atoms with Crippen molar-refractivity contribution >= 4 is 28.9 Å². The van der Waals surface area contributed by atoms with Gasteiger partial charge in [-0.15, -0.1) is 0 Å². The van der Waals surface area contributed by atoms with Crippen LogP contribution in [0.2, 0.25) is 0 Å². The zero-order valence-electron chi connectivity index (χ0n) is 20.2. The molecule has 2 saturated heterocycles. The van der Waals surface area contributed by atoms with Crippen LogP contribution in [0, 0.1) is 23.0 Å². The summed E-state index contributed by atoms with van der Waals surface area (Å²) < 4.78 is 0. The number of carbonyl (C=O) groups excluding carboxylic acids is 2. The lowest BCUT2D eigenvalue weighted by atomic mass is 9.82. The quantitative estimate of drug-likeness (QED) is 0.498. The fourth-order valence-corrected chi connectivity index (χ4v) is 5.67. The maximum absolute atomic E-state index is 13.8. The van der Waals surface area contributed by atoms with Crippen LogP contribution < -0.4 is 9.80 Å². The average Bonchev–Trinajstić information content (AvgIpc) is 2.87. The normalized spacial score (nSPS) is 21.9. The van der Waals surface area contributed by atoms with E-state index < -0.39 is 0 Å². The lowest BCUT2D eigenvalue weighted by Crippen LogP contribution is -2.62. The number of nitrogens with zero attached hydrogens (tertiary/aromatic N) is 5. The smallest absolute Gasteiger partial charge is 0.269 e. The third-order valence-electron chi connectivity index (χ3n) is 7.66. The first kappa shape index (κ1) is 23.1. The Kier molecular flexibility index (Phi) is 6.08. The van der Waals surface area contributed by atoms with Crippen molar-refractivity contribution in [2.75, 3.05) is 55.6 Å². The molecule has 3 aliphatic rings. The molecule has 2 atom stereocenters. The van der Waals surface area contributed by atoms with Gasteiger partial charge in [-0.25, -0.2) is 0 Å². The Morgan fingerprint density at radius 3 is 2.29 bits per heavy atom. The molecule has 2 aromatic rings. The first-order valence-corrected chi connectivity index (χ1v) is 12.2. The van der Waals surface area contributed by atoms with Crippen molar-refractivity contribution in [3.63, 3.8) is 0 Å². The van der Waals surface area contributed by atoms with Crippen LogP contribution in [0.3, 0.4) is 0 Å². The van der Waals surface area contributed by atoms with Gasteiger partial charge in [-0.2, -0.15) is 0 Å². The zero-order valence-corrected chi connectivity index (χ0v) is 20.2. The van der Waals surface area contributed by atoms with Crippen LogP contribution in [0.15, 0.2) is 42.5 Å². The Hall–Kier alpha value is -3.62. The van der Waals surface area contributed by atoms with Gasteiger partial charge < -0.3 is 19.6 Å². The number of nitro groups is 1. The van der Waals surface area contributed by atoms with Crippen LogP contribution in [0.5, 0.6) is 0 Å². The van der Waals surface area contributed by atoms with Gasteiger partial charge in [-0.05, 0) is 37.1 Å². The molecule has 0 saturated carbocycles. The Balaban J connectivity index is 1.44. The van der Waals surface area contributed by atoms with E-state index in [1.807, 2.05) is 11.0 Å². The summed E-state index contributed by atoms with van der Waals surface area (Å²) in [5.41, 5.74) is 4.26. The molecule has 0 bridgehead atoms. The SMILES string of the molecule is CC(=O)N1CCN(C(=O)[C@@H]2Cc3cc([N+](=O)[O-])ccc3N3CCN(c4ccc(C)cc4)C[C@H]23)CC1. The van der Waals surface area contributed by atoms with Crippen LogP contribution in [0.25, 0.3) is 0 Å². The second-order valence-corrected chi connectivity index (χ2v) is 9.75. The topological polar surface area (TPSA) is 90.2 Å². The number of hydrogen-bond donors (Lipinski definition) is 0. The first-order chi connectivity index (χ1) is 16.8. The molecule has 5 rings (SSSR count). The summed E-state index contributed by atoms with van der Waals surface area (Å²) in [4.78, 5) is 44.9. The molecule has 0 radical (unpaired) electrons. The maximum atomic E-state index is 13.8. The summed E-state index contributed by atoms with van der Waals surface area (Å²) in [6.07, 6.45) is 0.478. The highest BCUT2D eigenvalue weighted by Gasteiger charge is 2.43. The molecule has 2 fully saturated rings. The summed E-state index contributed by atoms with van der Waals surface area (Å²) in [6.45, 7) is 8.01. The molecule has 0 N–H and O–H groups in total. The number of nitro benzene ring substituents is 1. The number of aryl methyl sites for hydroxylation is 1. The van der Waals surface area contributed by atoms with E-state index in [0.29, 0.717) is 39.1 Å². The summed E-state index contributed by atoms with van der Waals surface area (Å²) >= 11 is 0. The number of rotatable bonds is 3. The van der Waals surface area contributed by atoms with Crippen LogP contribution in [0.1, 0.15) is 18.1 Å². The largest absolute Gasteiger partial charge is 0.368 e. The van der Waals surface area contributed by atoms with E-state index in [1.54, 1.807) is 24.0 Å². The highest BCUT2D eigenvalue weighted by atomic mass is 16.6. The van der Waals surface area contributed by atoms with Gasteiger partial charge in [0.15, 0.2) is 0 Å². The standard InChI is InChI=1S/C26H31N5O4/c1-18-3-5-21(6-4-18)29-13-14-30-24-8-7-22(31(34)35)15-20(24)16-23(25(30)17-29)26(33)28-11-9-27(10-12-28)19(2)32/h3-8,15,23,25H,9-14,16-17H2,1-2H3/t23-,25-/m1/s1. The van der Waals surface area contributed by atoms with E-state index in [1.165, 1.54) is 5.56 Å². The number of benzene rings is 2. The lowest BCUT2D eigenvalue weighted by molar-refractivity contribution is -0.384. The van der Waals surface area contributed by atoms with Crippen molar-refractivity contribution in [1.29, 1.82) is 0 Å². The van der Waals surface area contributed by atoms with E-state index in [2.05, 4.69) is 41.0 Å². The molecule has 184 valence electrons. The van der Waals surface area contributed by atoms with E-state index in [4.69, 9.17) is 0 Å². The number of piperazine rings is 2. The van der Waals surface area contributed by atoms with Gasteiger partial charge in [0, 0.05) is 76.2 Å². The van der Waals surface area contributed by atoms with Gasteiger partial charge in [0.1, 0.15) is 0 Å². The second kappa shape index (κ2) is 9.20. The fraction of sp³-hybridized carbons (Fsp3) is 0.462. The molecule has 3 heterocycles. The van der Waals surface area contributed by atoms with Crippen LogP contribution in [-0.2, 0) is 16.0 Å². The minimum absolute atomic E-state index is 0.0302. The Labute approximate surface area is 205 Å². The highest BCUT2D eigenvalue weighted by Crippen LogP contribution is 2.39. The number of carbonyl (C=O) groups is 2. The maximum Gasteiger partial charge on any atom is 0.269 e. The number of anilines is 2. The average molecular weight is 478 g/mol. The Morgan fingerprint density at radius 1 is 0.943 bits per heavy atom. The van der Waals surface area contributed by atoms with Crippen LogP contribution >= 0.6 is 0 Å². The summed E-state index contributed by atoms with van der Waals surface area (Å²) in [7, 11) is 0. The van der Waals surface area contributed by atoms with Crippen molar-refractivity contribution in [3.8, 4) is 0 Å². The van der Waals surface area contributed by atoms with Gasteiger partial charge in [0.25, 0.3) is 5.69 Å². The van der Waals surface area contributed by atoms with E-state index in [0.717, 1.165) is 30.0 Å². The van der Waals surface area contributed by atoms with Gasteiger partial charge >= 0.3 is 0 Å². The molecule has 0 aliphatic carbocycles. The van der Waals surface area contributed by atoms with Crippen molar-refractivity contribution < 1.29 is 14.5 Å². The number of non-ortho nitro benzene ring substituents is 1. The highest BCUT2D eigenvalue weighted by molar-refractivity contribution is 5.83. The van der Waals surface area contributed by atoms with Gasteiger partial charge in [-0.1, -0.05) is 17.7 Å².